The van der Waals surface area contributed by atoms with Gasteiger partial charge < -0.3 is 9.47 Å². The summed E-state index contributed by atoms with van der Waals surface area (Å²) in [6, 6.07) is 4.35. The molecule has 4 heteroatoms. The van der Waals surface area contributed by atoms with Gasteiger partial charge in [0, 0.05) is 35.5 Å². The largest absolute Gasteiger partial charge is 0.345 e. The molecule has 1 amide bonds. The highest BCUT2D eigenvalue weighted by Crippen LogP contribution is 2.28. The minimum absolute atomic E-state index is 0.264. The number of hydrogen-bond donors (Lipinski definition) is 0. The van der Waals surface area contributed by atoms with E-state index in [0.717, 1.165) is 25.1 Å². The van der Waals surface area contributed by atoms with Crippen molar-refractivity contribution >= 4 is 17.7 Å². The monoisotopic (exact) mass is 294 g/mol. The van der Waals surface area contributed by atoms with Gasteiger partial charge >= 0.3 is 0 Å². The van der Waals surface area contributed by atoms with Gasteiger partial charge in [0.1, 0.15) is 6.54 Å². The fourth-order valence-corrected chi connectivity index (χ4v) is 3.61. The highest BCUT2D eigenvalue weighted by molar-refractivity contribution is 8.00. The molecule has 0 aliphatic carbocycles. The van der Waals surface area contributed by atoms with E-state index in [1.165, 1.54) is 6.42 Å². The van der Waals surface area contributed by atoms with Gasteiger partial charge in [-0.15, -0.1) is 0 Å². The Morgan fingerprint density at radius 3 is 2.60 bits per heavy atom. The van der Waals surface area contributed by atoms with Crippen molar-refractivity contribution in [1.29, 1.82) is 0 Å². The molecule has 0 saturated carbocycles. The molecule has 20 heavy (non-hydrogen) atoms. The molecule has 1 unspecified atom stereocenters. The number of hydrogen-bond acceptors (Lipinski definition) is 2. The summed E-state index contributed by atoms with van der Waals surface area (Å²) >= 11 is 1.97. The zero-order valence-corrected chi connectivity index (χ0v) is 13.7. The van der Waals surface area contributed by atoms with Crippen molar-refractivity contribution in [1.82, 2.24) is 9.47 Å². The predicted octanol–water partition coefficient (Wildman–Crippen LogP) is 3.40. The maximum absolute atomic E-state index is 12.5. The first-order valence-corrected chi connectivity index (χ1v) is 8.48. The molecule has 0 aromatic carbocycles. The van der Waals surface area contributed by atoms with Crippen LogP contribution < -0.4 is 0 Å². The Morgan fingerprint density at radius 2 is 1.95 bits per heavy atom. The average Bonchev–Trinajstić information content (AvgIpc) is 2.88. The number of amides is 1. The molecule has 3 nitrogen and oxygen atoms in total. The molecule has 0 spiro atoms. The summed E-state index contributed by atoms with van der Waals surface area (Å²) in [4.78, 5) is 14.6. The Hall–Kier alpha value is -0.900. The molecule has 0 radical (unpaired) electrons. The fourth-order valence-electron chi connectivity index (χ4n) is 2.57. The van der Waals surface area contributed by atoms with E-state index < -0.39 is 0 Å². The first-order valence-electron chi connectivity index (χ1n) is 7.50. The van der Waals surface area contributed by atoms with Crippen LogP contribution in [0.1, 0.15) is 40.0 Å². The second-order valence-electron chi connectivity index (χ2n) is 6.52. The second kappa shape index (κ2) is 6.70. The number of piperidine rings is 1. The van der Waals surface area contributed by atoms with Crippen LogP contribution >= 0.6 is 11.8 Å². The summed E-state index contributed by atoms with van der Waals surface area (Å²) in [6.45, 7) is 8.13. The summed E-state index contributed by atoms with van der Waals surface area (Å²) < 4.78 is 2.23. The van der Waals surface area contributed by atoms with Crippen LogP contribution in [-0.4, -0.2) is 38.5 Å². The van der Waals surface area contributed by atoms with Crippen molar-refractivity contribution < 1.29 is 4.79 Å². The second-order valence-corrected chi connectivity index (χ2v) is 8.36. The number of rotatable bonds is 4. The lowest BCUT2D eigenvalue weighted by Crippen LogP contribution is -2.46. The number of carbonyl (C=O) groups excluding carboxylic acids is 1. The Balaban J connectivity index is 1.93. The zero-order chi connectivity index (χ0) is 14.6. The third-order valence-electron chi connectivity index (χ3n) is 3.64. The molecule has 1 aliphatic rings. The topological polar surface area (TPSA) is 25.2 Å². The Kier molecular flexibility index (Phi) is 5.19. The molecule has 1 aromatic rings. The van der Waals surface area contributed by atoms with Gasteiger partial charge in [-0.05, 0) is 31.4 Å². The Labute approximate surface area is 126 Å². The maximum atomic E-state index is 12.5. The van der Waals surface area contributed by atoms with Gasteiger partial charge in [0.2, 0.25) is 5.91 Å². The van der Waals surface area contributed by atoms with Crippen LogP contribution in [0.15, 0.2) is 24.5 Å². The summed E-state index contributed by atoms with van der Waals surface area (Å²) in [5.74, 6) is 1.32. The molecule has 112 valence electrons. The summed E-state index contributed by atoms with van der Waals surface area (Å²) in [6.07, 6.45) is 7.47. The molecule has 0 N–H and O–H groups in total. The van der Waals surface area contributed by atoms with Gasteiger partial charge in [-0.2, -0.15) is 11.8 Å². The molecule has 2 heterocycles. The smallest absolute Gasteiger partial charge is 0.242 e. The third-order valence-corrected chi connectivity index (χ3v) is 5.06. The minimum Gasteiger partial charge on any atom is -0.345 e. The fraction of sp³-hybridized carbons (Fsp3) is 0.688. The first kappa shape index (κ1) is 15.5. The number of aromatic nitrogens is 1. The van der Waals surface area contributed by atoms with Crippen LogP contribution in [0, 0.1) is 0 Å². The summed E-state index contributed by atoms with van der Waals surface area (Å²) in [7, 11) is 0. The van der Waals surface area contributed by atoms with Crippen molar-refractivity contribution in [3.05, 3.63) is 24.5 Å². The van der Waals surface area contributed by atoms with Crippen molar-refractivity contribution in [2.75, 3.05) is 12.3 Å². The molecule has 1 aromatic heterocycles. The van der Waals surface area contributed by atoms with Crippen molar-refractivity contribution in [3.63, 3.8) is 0 Å². The summed E-state index contributed by atoms with van der Waals surface area (Å²) in [5.41, 5.74) is 0. The minimum atomic E-state index is 0.264. The Morgan fingerprint density at radius 1 is 1.25 bits per heavy atom. The number of likely N-dealkylation sites (tertiary alicyclic amines) is 1. The molecular formula is C16H26N2OS. The van der Waals surface area contributed by atoms with Crippen LogP contribution in [0.2, 0.25) is 0 Å². The Bertz CT molecular complexity index is 422. The van der Waals surface area contributed by atoms with Crippen LogP contribution in [0.5, 0.6) is 0 Å². The SMILES string of the molecule is CC(C)(C)SCC1CCCCN1C(=O)Cn1cccc1. The molecule has 1 fully saturated rings. The summed E-state index contributed by atoms with van der Waals surface area (Å²) in [5, 5.41) is 0. The molecule has 1 atom stereocenters. The molecule has 1 saturated heterocycles. The van der Waals surface area contributed by atoms with Gasteiger partial charge in [-0.1, -0.05) is 20.8 Å². The maximum Gasteiger partial charge on any atom is 0.242 e. The van der Waals surface area contributed by atoms with Gasteiger partial charge in [-0.25, -0.2) is 0 Å². The normalized spacial score (nSPS) is 20.1. The molecule has 1 aliphatic heterocycles. The van der Waals surface area contributed by atoms with E-state index in [4.69, 9.17) is 0 Å². The molecule has 0 bridgehead atoms. The van der Waals surface area contributed by atoms with E-state index in [1.807, 2.05) is 40.9 Å². The van der Waals surface area contributed by atoms with Crippen LogP contribution in [0.25, 0.3) is 0 Å². The zero-order valence-electron chi connectivity index (χ0n) is 12.8. The average molecular weight is 294 g/mol. The van der Waals surface area contributed by atoms with E-state index in [1.54, 1.807) is 0 Å². The van der Waals surface area contributed by atoms with Crippen LogP contribution in [0.4, 0.5) is 0 Å². The van der Waals surface area contributed by atoms with Crippen LogP contribution in [-0.2, 0) is 11.3 Å². The van der Waals surface area contributed by atoms with Crippen LogP contribution in [0.3, 0.4) is 0 Å². The molecular weight excluding hydrogens is 268 g/mol. The lowest BCUT2D eigenvalue weighted by Gasteiger charge is -2.37. The standard InChI is InChI=1S/C16H26N2OS/c1-16(2,3)20-13-14-8-4-5-11-18(14)15(19)12-17-9-6-7-10-17/h6-7,9-10,14H,4-5,8,11-13H2,1-3H3. The third kappa shape index (κ3) is 4.58. The lowest BCUT2D eigenvalue weighted by molar-refractivity contribution is -0.134. The van der Waals surface area contributed by atoms with E-state index in [-0.39, 0.29) is 10.7 Å². The van der Waals surface area contributed by atoms with E-state index in [9.17, 15) is 4.79 Å². The highest BCUT2D eigenvalue weighted by atomic mass is 32.2. The number of thioether (sulfide) groups is 1. The van der Waals surface area contributed by atoms with Gasteiger partial charge in [0.25, 0.3) is 0 Å². The quantitative estimate of drug-likeness (QED) is 0.850. The highest BCUT2D eigenvalue weighted by Gasteiger charge is 2.27. The van der Waals surface area contributed by atoms with Crippen molar-refractivity contribution in [3.8, 4) is 0 Å². The van der Waals surface area contributed by atoms with Crippen molar-refractivity contribution in [2.24, 2.45) is 0 Å². The lowest BCUT2D eigenvalue weighted by atomic mass is 10.0. The number of carbonyl (C=O) groups is 1. The van der Waals surface area contributed by atoms with Gasteiger partial charge in [0.05, 0.1) is 0 Å². The van der Waals surface area contributed by atoms with Gasteiger partial charge in [-0.3, -0.25) is 4.79 Å². The number of nitrogens with zero attached hydrogens (tertiary/aromatic N) is 2. The molecule has 2 rings (SSSR count). The van der Waals surface area contributed by atoms with E-state index in [2.05, 4.69) is 25.7 Å². The van der Waals surface area contributed by atoms with E-state index in [0.29, 0.717) is 12.6 Å². The predicted molar refractivity (Wildman–Crippen MR) is 86.0 cm³/mol. The first-order chi connectivity index (χ1) is 9.46. The van der Waals surface area contributed by atoms with Crippen molar-refractivity contribution in [2.45, 2.75) is 57.4 Å². The van der Waals surface area contributed by atoms with Gasteiger partial charge in [0.15, 0.2) is 0 Å². The van der Waals surface area contributed by atoms with E-state index >= 15 is 0 Å².